The van der Waals surface area contributed by atoms with Crippen LogP contribution in [0.25, 0.3) is 0 Å². The second kappa shape index (κ2) is 8.84. The molecular formula is C19H33NO4. The molecule has 0 bridgehead atoms. The number of aliphatic carboxylic acids is 1. The molecule has 0 atom stereocenters. The fourth-order valence-corrected chi connectivity index (χ4v) is 3.43. The van der Waals surface area contributed by atoms with Gasteiger partial charge in [-0.1, -0.05) is 25.7 Å². The Kier molecular flexibility index (Phi) is 7.08. The molecule has 5 heteroatoms. The molecule has 138 valence electrons. The van der Waals surface area contributed by atoms with Crippen LogP contribution in [-0.2, 0) is 9.59 Å². The lowest BCUT2D eigenvalue weighted by molar-refractivity contribution is -0.143. The monoisotopic (exact) mass is 339 g/mol. The molecule has 2 aliphatic carbocycles. The Balaban J connectivity index is 1.37. The van der Waals surface area contributed by atoms with Crippen LogP contribution in [0.15, 0.2) is 0 Å². The van der Waals surface area contributed by atoms with Crippen molar-refractivity contribution in [1.29, 1.82) is 0 Å². The fourth-order valence-electron chi connectivity index (χ4n) is 3.43. The molecule has 0 unspecified atom stereocenters. The van der Waals surface area contributed by atoms with Crippen LogP contribution in [0.4, 0.5) is 0 Å². The second-order valence-corrected chi connectivity index (χ2v) is 7.96. The van der Waals surface area contributed by atoms with E-state index in [4.69, 9.17) is 5.11 Å². The molecule has 2 aliphatic rings. The van der Waals surface area contributed by atoms with Gasteiger partial charge in [0.15, 0.2) is 0 Å². The van der Waals surface area contributed by atoms with Crippen molar-refractivity contribution in [2.45, 2.75) is 83.5 Å². The molecule has 3 N–H and O–H groups in total. The van der Waals surface area contributed by atoms with Crippen molar-refractivity contribution in [3.63, 3.8) is 0 Å². The summed E-state index contributed by atoms with van der Waals surface area (Å²) in [7, 11) is 0. The summed E-state index contributed by atoms with van der Waals surface area (Å²) >= 11 is 0. The summed E-state index contributed by atoms with van der Waals surface area (Å²) < 4.78 is 0. The standard InChI is InChI=1S/C19H33NO4/c21-15-18(10-11-18)8-4-2-6-14-20-16(22)7-3-1-5-9-19(12-13-19)17(23)24/h21H,1-15H2,(H,20,22)(H,23,24). The number of carbonyl (C=O) groups excluding carboxylic acids is 1. The molecule has 0 radical (unpaired) electrons. The molecule has 0 aliphatic heterocycles. The van der Waals surface area contributed by atoms with Gasteiger partial charge in [0, 0.05) is 19.6 Å². The van der Waals surface area contributed by atoms with E-state index in [0.29, 0.717) is 13.0 Å². The van der Waals surface area contributed by atoms with E-state index >= 15 is 0 Å². The number of hydrogen-bond acceptors (Lipinski definition) is 3. The lowest BCUT2D eigenvalue weighted by atomic mass is 9.98. The van der Waals surface area contributed by atoms with Gasteiger partial charge in [0.1, 0.15) is 0 Å². The first-order valence-electron chi connectivity index (χ1n) is 9.63. The number of carboxylic acid groups (broad SMARTS) is 1. The SMILES string of the molecule is O=C(CCCCCC1(C(=O)O)CC1)NCCCCCC1(CO)CC1. The molecule has 0 aromatic carbocycles. The molecule has 0 heterocycles. The molecule has 24 heavy (non-hydrogen) atoms. The van der Waals surface area contributed by atoms with Crippen LogP contribution >= 0.6 is 0 Å². The van der Waals surface area contributed by atoms with Gasteiger partial charge in [-0.2, -0.15) is 0 Å². The zero-order chi connectivity index (χ0) is 17.5. The second-order valence-electron chi connectivity index (χ2n) is 7.96. The Bertz CT molecular complexity index is 427. The highest BCUT2D eigenvalue weighted by atomic mass is 16.4. The number of amides is 1. The van der Waals surface area contributed by atoms with Crippen molar-refractivity contribution < 1.29 is 19.8 Å². The molecule has 2 rings (SSSR count). The first kappa shape index (κ1) is 19.2. The maximum atomic E-state index is 11.7. The Labute approximate surface area is 145 Å². The number of carbonyl (C=O) groups is 2. The zero-order valence-electron chi connectivity index (χ0n) is 14.8. The van der Waals surface area contributed by atoms with Crippen molar-refractivity contribution in [3.8, 4) is 0 Å². The smallest absolute Gasteiger partial charge is 0.309 e. The molecule has 0 spiro atoms. The van der Waals surface area contributed by atoms with E-state index in [1.807, 2.05) is 0 Å². The number of rotatable bonds is 14. The molecule has 0 saturated heterocycles. The highest BCUT2D eigenvalue weighted by Gasteiger charge is 2.49. The number of nitrogens with one attached hydrogen (secondary N) is 1. The van der Waals surface area contributed by atoms with Crippen LogP contribution in [-0.4, -0.2) is 35.2 Å². The van der Waals surface area contributed by atoms with Crippen LogP contribution < -0.4 is 5.32 Å². The van der Waals surface area contributed by atoms with Crippen molar-refractivity contribution in [1.82, 2.24) is 5.32 Å². The summed E-state index contributed by atoms with van der Waals surface area (Å²) in [5.41, 5.74) is -0.166. The van der Waals surface area contributed by atoms with Crippen LogP contribution in [0.1, 0.15) is 83.5 Å². The minimum atomic E-state index is -0.646. The highest BCUT2D eigenvalue weighted by molar-refractivity contribution is 5.77. The minimum absolute atomic E-state index is 0.114. The van der Waals surface area contributed by atoms with Gasteiger partial charge in [0.25, 0.3) is 0 Å². The lowest BCUT2D eigenvalue weighted by Gasteiger charge is -2.11. The number of aliphatic hydroxyl groups excluding tert-OH is 1. The van der Waals surface area contributed by atoms with Gasteiger partial charge in [0.2, 0.25) is 5.91 Å². The van der Waals surface area contributed by atoms with Crippen molar-refractivity contribution >= 4 is 11.9 Å². The summed E-state index contributed by atoms with van der Waals surface area (Å²) in [6.07, 6.45) is 12.4. The average Bonchev–Trinajstić information content (AvgIpc) is 3.46. The average molecular weight is 339 g/mol. The van der Waals surface area contributed by atoms with Gasteiger partial charge < -0.3 is 15.5 Å². The van der Waals surface area contributed by atoms with Gasteiger partial charge in [-0.15, -0.1) is 0 Å². The predicted molar refractivity (Wildman–Crippen MR) is 92.6 cm³/mol. The Morgan fingerprint density at radius 3 is 2.12 bits per heavy atom. The summed E-state index contributed by atoms with van der Waals surface area (Å²) in [6.45, 7) is 1.07. The molecule has 0 aromatic heterocycles. The van der Waals surface area contributed by atoms with Crippen molar-refractivity contribution in [2.24, 2.45) is 10.8 Å². The Morgan fingerprint density at radius 1 is 0.875 bits per heavy atom. The quantitative estimate of drug-likeness (QED) is 0.424. The normalized spacial score (nSPS) is 19.7. The van der Waals surface area contributed by atoms with Crippen LogP contribution in [0, 0.1) is 10.8 Å². The predicted octanol–water partition coefficient (Wildman–Crippen LogP) is 3.25. The van der Waals surface area contributed by atoms with E-state index in [-0.39, 0.29) is 11.3 Å². The molecule has 2 fully saturated rings. The van der Waals surface area contributed by atoms with Gasteiger partial charge >= 0.3 is 5.97 Å². The van der Waals surface area contributed by atoms with E-state index in [0.717, 1.165) is 70.8 Å². The van der Waals surface area contributed by atoms with E-state index in [1.54, 1.807) is 0 Å². The van der Waals surface area contributed by atoms with E-state index in [2.05, 4.69) is 5.32 Å². The third-order valence-corrected chi connectivity index (χ3v) is 5.86. The molecule has 5 nitrogen and oxygen atoms in total. The number of carboxylic acids is 1. The van der Waals surface area contributed by atoms with E-state index in [9.17, 15) is 14.7 Å². The molecule has 0 aromatic rings. The Morgan fingerprint density at radius 2 is 1.54 bits per heavy atom. The summed E-state index contributed by atoms with van der Waals surface area (Å²) in [6, 6.07) is 0. The van der Waals surface area contributed by atoms with Gasteiger partial charge in [-0.25, -0.2) is 0 Å². The number of unbranched alkanes of at least 4 members (excludes halogenated alkanes) is 4. The van der Waals surface area contributed by atoms with Crippen molar-refractivity contribution in [2.75, 3.05) is 13.2 Å². The van der Waals surface area contributed by atoms with Gasteiger partial charge in [-0.05, 0) is 56.8 Å². The minimum Gasteiger partial charge on any atom is -0.481 e. The largest absolute Gasteiger partial charge is 0.481 e. The molecule has 1 amide bonds. The summed E-state index contributed by atoms with van der Waals surface area (Å²) in [4.78, 5) is 22.8. The van der Waals surface area contributed by atoms with Crippen LogP contribution in [0.2, 0.25) is 0 Å². The molecular weight excluding hydrogens is 306 g/mol. The maximum Gasteiger partial charge on any atom is 0.309 e. The first-order valence-corrected chi connectivity index (χ1v) is 9.63. The Hall–Kier alpha value is -1.10. The maximum absolute atomic E-state index is 11.7. The number of hydrogen-bond donors (Lipinski definition) is 3. The lowest BCUT2D eigenvalue weighted by Crippen LogP contribution is -2.24. The van der Waals surface area contributed by atoms with Crippen molar-refractivity contribution in [3.05, 3.63) is 0 Å². The zero-order valence-corrected chi connectivity index (χ0v) is 14.8. The van der Waals surface area contributed by atoms with Gasteiger partial charge in [-0.3, -0.25) is 9.59 Å². The van der Waals surface area contributed by atoms with Gasteiger partial charge in [0.05, 0.1) is 5.41 Å². The van der Waals surface area contributed by atoms with Crippen LogP contribution in [0.3, 0.4) is 0 Å². The highest BCUT2D eigenvalue weighted by Crippen LogP contribution is 2.50. The summed E-state index contributed by atoms with van der Waals surface area (Å²) in [5, 5.41) is 21.3. The third-order valence-electron chi connectivity index (χ3n) is 5.86. The topological polar surface area (TPSA) is 86.6 Å². The third kappa shape index (κ3) is 6.08. The number of aliphatic hydroxyl groups is 1. The summed E-state index contributed by atoms with van der Waals surface area (Å²) in [5.74, 6) is -0.532. The van der Waals surface area contributed by atoms with E-state index < -0.39 is 11.4 Å². The first-order chi connectivity index (χ1) is 11.5. The van der Waals surface area contributed by atoms with Crippen LogP contribution in [0.5, 0.6) is 0 Å². The van der Waals surface area contributed by atoms with E-state index in [1.165, 1.54) is 12.8 Å². The molecule has 2 saturated carbocycles. The fraction of sp³-hybridized carbons (Fsp3) is 0.895.